The van der Waals surface area contributed by atoms with Gasteiger partial charge in [-0.15, -0.1) is 0 Å². The highest BCUT2D eigenvalue weighted by molar-refractivity contribution is 5.80. The van der Waals surface area contributed by atoms with Crippen LogP contribution in [0.3, 0.4) is 0 Å². The first kappa shape index (κ1) is 17.8. The van der Waals surface area contributed by atoms with Crippen LogP contribution < -0.4 is 14.8 Å². The first-order valence-corrected chi connectivity index (χ1v) is 7.77. The monoisotopic (exact) mass is 329 g/mol. The van der Waals surface area contributed by atoms with E-state index in [4.69, 9.17) is 14.2 Å². The fraction of sp³-hybridized carbons (Fsp3) is 0.316. The van der Waals surface area contributed by atoms with Gasteiger partial charge in [0.25, 0.3) is 5.91 Å². The maximum Gasteiger partial charge on any atom is 0.261 e. The molecular formula is C19H23NO4. The molecule has 2 aromatic rings. The van der Waals surface area contributed by atoms with Crippen molar-refractivity contribution in [3.8, 4) is 11.5 Å². The number of carbonyl (C=O) groups is 1. The van der Waals surface area contributed by atoms with Gasteiger partial charge in [-0.05, 0) is 42.3 Å². The Bertz CT molecular complexity index is 637. The van der Waals surface area contributed by atoms with Crippen LogP contribution in [0.1, 0.15) is 18.1 Å². The SMILES string of the molecule is COCc1ccc(CNC(=O)C(C)Oc2ccc(OC)cc2)cc1. The zero-order valence-electron chi connectivity index (χ0n) is 14.2. The van der Waals surface area contributed by atoms with Crippen LogP contribution in [0.5, 0.6) is 11.5 Å². The Morgan fingerprint density at radius 1 is 0.958 bits per heavy atom. The van der Waals surface area contributed by atoms with Crippen LogP contribution in [-0.4, -0.2) is 26.2 Å². The average Bonchev–Trinajstić information content (AvgIpc) is 2.61. The van der Waals surface area contributed by atoms with Gasteiger partial charge in [0, 0.05) is 13.7 Å². The maximum atomic E-state index is 12.1. The van der Waals surface area contributed by atoms with Crippen LogP contribution in [0.2, 0.25) is 0 Å². The van der Waals surface area contributed by atoms with Crippen molar-refractivity contribution in [3.05, 3.63) is 59.7 Å². The molecule has 0 aromatic heterocycles. The van der Waals surface area contributed by atoms with E-state index >= 15 is 0 Å². The predicted molar refractivity (Wildman–Crippen MR) is 92.1 cm³/mol. The van der Waals surface area contributed by atoms with E-state index in [9.17, 15) is 4.79 Å². The van der Waals surface area contributed by atoms with Gasteiger partial charge in [-0.1, -0.05) is 24.3 Å². The molecule has 0 aliphatic rings. The van der Waals surface area contributed by atoms with E-state index in [2.05, 4.69) is 5.32 Å². The minimum Gasteiger partial charge on any atom is -0.497 e. The quantitative estimate of drug-likeness (QED) is 0.809. The molecule has 2 rings (SSSR count). The molecule has 5 nitrogen and oxygen atoms in total. The third kappa shape index (κ3) is 5.28. The van der Waals surface area contributed by atoms with Gasteiger partial charge in [0.15, 0.2) is 6.10 Å². The van der Waals surface area contributed by atoms with Crippen molar-refractivity contribution < 1.29 is 19.0 Å². The smallest absolute Gasteiger partial charge is 0.261 e. The molecule has 0 saturated heterocycles. The molecule has 1 amide bonds. The first-order chi connectivity index (χ1) is 11.6. The van der Waals surface area contributed by atoms with E-state index in [-0.39, 0.29) is 5.91 Å². The summed E-state index contributed by atoms with van der Waals surface area (Å²) in [5.74, 6) is 1.21. The van der Waals surface area contributed by atoms with Crippen LogP contribution in [0.4, 0.5) is 0 Å². The molecule has 128 valence electrons. The van der Waals surface area contributed by atoms with Crippen LogP contribution in [0, 0.1) is 0 Å². The zero-order valence-corrected chi connectivity index (χ0v) is 14.2. The second-order valence-corrected chi connectivity index (χ2v) is 5.40. The van der Waals surface area contributed by atoms with E-state index in [1.807, 2.05) is 24.3 Å². The third-order valence-corrected chi connectivity index (χ3v) is 3.54. The van der Waals surface area contributed by atoms with E-state index in [0.29, 0.717) is 18.9 Å². The Morgan fingerprint density at radius 2 is 1.54 bits per heavy atom. The summed E-state index contributed by atoms with van der Waals surface area (Å²) in [5, 5.41) is 2.87. The normalized spacial score (nSPS) is 11.6. The highest BCUT2D eigenvalue weighted by atomic mass is 16.5. The Morgan fingerprint density at radius 3 is 2.12 bits per heavy atom. The second-order valence-electron chi connectivity index (χ2n) is 5.40. The van der Waals surface area contributed by atoms with Gasteiger partial charge >= 0.3 is 0 Å². The number of nitrogens with one attached hydrogen (secondary N) is 1. The van der Waals surface area contributed by atoms with Gasteiger partial charge in [0.2, 0.25) is 0 Å². The molecule has 2 aromatic carbocycles. The van der Waals surface area contributed by atoms with Crippen molar-refractivity contribution in [1.82, 2.24) is 5.32 Å². The number of ether oxygens (including phenoxy) is 3. The summed E-state index contributed by atoms with van der Waals surface area (Å²) in [4.78, 5) is 12.1. The summed E-state index contributed by atoms with van der Waals surface area (Å²) in [6.45, 7) is 2.77. The Kier molecular flexibility index (Phi) is 6.63. The fourth-order valence-corrected chi connectivity index (χ4v) is 2.16. The minimum absolute atomic E-state index is 0.160. The van der Waals surface area contributed by atoms with Gasteiger partial charge in [-0.3, -0.25) is 4.79 Å². The number of hydrogen-bond acceptors (Lipinski definition) is 4. The molecule has 24 heavy (non-hydrogen) atoms. The van der Waals surface area contributed by atoms with Crippen molar-refractivity contribution in [2.24, 2.45) is 0 Å². The van der Waals surface area contributed by atoms with Gasteiger partial charge < -0.3 is 19.5 Å². The van der Waals surface area contributed by atoms with Gasteiger partial charge in [0.05, 0.1) is 13.7 Å². The van der Waals surface area contributed by atoms with E-state index in [1.54, 1.807) is 45.4 Å². The molecule has 0 spiro atoms. The fourth-order valence-electron chi connectivity index (χ4n) is 2.16. The largest absolute Gasteiger partial charge is 0.497 e. The topological polar surface area (TPSA) is 56.8 Å². The van der Waals surface area contributed by atoms with Crippen LogP contribution in [-0.2, 0) is 22.7 Å². The minimum atomic E-state index is -0.578. The number of carbonyl (C=O) groups excluding carboxylic acids is 1. The molecule has 1 N–H and O–H groups in total. The highest BCUT2D eigenvalue weighted by Crippen LogP contribution is 2.18. The number of benzene rings is 2. The molecule has 5 heteroatoms. The van der Waals surface area contributed by atoms with Gasteiger partial charge in [-0.25, -0.2) is 0 Å². The molecule has 1 unspecified atom stereocenters. The lowest BCUT2D eigenvalue weighted by Gasteiger charge is -2.15. The van der Waals surface area contributed by atoms with Crippen molar-refractivity contribution in [2.75, 3.05) is 14.2 Å². The van der Waals surface area contributed by atoms with E-state index in [1.165, 1.54) is 0 Å². The Labute approximate surface area is 142 Å². The van der Waals surface area contributed by atoms with Crippen molar-refractivity contribution in [2.45, 2.75) is 26.2 Å². The lowest BCUT2D eigenvalue weighted by atomic mass is 10.1. The number of amides is 1. The molecular weight excluding hydrogens is 306 g/mol. The molecule has 0 saturated carbocycles. The second kappa shape index (κ2) is 8.93. The molecule has 0 bridgehead atoms. The molecule has 0 heterocycles. The summed E-state index contributed by atoms with van der Waals surface area (Å²) in [6, 6.07) is 15.1. The summed E-state index contributed by atoms with van der Waals surface area (Å²) in [5.41, 5.74) is 2.13. The van der Waals surface area contributed by atoms with Crippen LogP contribution in [0.15, 0.2) is 48.5 Å². The molecule has 1 atom stereocenters. The number of methoxy groups -OCH3 is 2. The summed E-state index contributed by atoms with van der Waals surface area (Å²) in [6.07, 6.45) is -0.578. The molecule has 0 radical (unpaired) electrons. The molecule has 0 aliphatic heterocycles. The van der Waals surface area contributed by atoms with Gasteiger partial charge in [-0.2, -0.15) is 0 Å². The van der Waals surface area contributed by atoms with Crippen molar-refractivity contribution in [3.63, 3.8) is 0 Å². The van der Waals surface area contributed by atoms with E-state index in [0.717, 1.165) is 16.9 Å². The lowest BCUT2D eigenvalue weighted by molar-refractivity contribution is -0.127. The van der Waals surface area contributed by atoms with Crippen LogP contribution >= 0.6 is 0 Å². The summed E-state index contributed by atoms with van der Waals surface area (Å²) < 4.78 is 15.8. The standard InChI is InChI=1S/C19H23NO4/c1-14(24-18-10-8-17(23-3)9-11-18)19(21)20-12-15-4-6-16(7-5-15)13-22-2/h4-11,14H,12-13H2,1-3H3,(H,20,21). The summed E-state index contributed by atoms with van der Waals surface area (Å²) in [7, 11) is 3.27. The van der Waals surface area contributed by atoms with Crippen molar-refractivity contribution >= 4 is 5.91 Å². The third-order valence-electron chi connectivity index (χ3n) is 3.54. The van der Waals surface area contributed by atoms with E-state index < -0.39 is 6.10 Å². The Hall–Kier alpha value is -2.53. The van der Waals surface area contributed by atoms with Crippen LogP contribution in [0.25, 0.3) is 0 Å². The molecule has 0 fully saturated rings. The zero-order chi connectivity index (χ0) is 17.4. The predicted octanol–water partition coefficient (Wildman–Crippen LogP) is 2.93. The number of hydrogen-bond donors (Lipinski definition) is 1. The first-order valence-electron chi connectivity index (χ1n) is 7.77. The average molecular weight is 329 g/mol. The molecule has 0 aliphatic carbocycles. The maximum absolute atomic E-state index is 12.1. The Balaban J connectivity index is 1.82. The summed E-state index contributed by atoms with van der Waals surface area (Å²) >= 11 is 0. The van der Waals surface area contributed by atoms with Crippen molar-refractivity contribution in [1.29, 1.82) is 0 Å². The van der Waals surface area contributed by atoms with Gasteiger partial charge in [0.1, 0.15) is 11.5 Å². The highest BCUT2D eigenvalue weighted by Gasteiger charge is 2.14. The lowest BCUT2D eigenvalue weighted by Crippen LogP contribution is -2.35. The number of rotatable bonds is 8.